The molecule has 0 unspecified atom stereocenters. The van der Waals surface area contributed by atoms with E-state index in [1.54, 1.807) is 0 Å². The van der Waals surface area contributed by atoms with Crippen molar-refractivity contribution in [3.05, 3.63) is 35.4 Å². The van der Waals surface area contributed by atoms with Gasteiger partial charge in [0.05, 0.1) is 6.61 Å². The van der Waals surface area contributed by atoms with Crippen molar-refractivity contribution in [3.8, 4) is 0 Å². The van der Waals surface area contributed by atoms with Crippen molar-refractivity contribution in [2.75, 3.05) is 19.7 Å². The lowest BCUT2D eigenvalue weighted by atomic mass is 9.97. The minimum absolute atomic E-state index is 0.178. The average molecular weight is 290 g/mol. The second-order valence-electron chi connectivity index (χ2n) is 5.13. The predicted octanol–water partition coefficient (Wildman–Crippen LogP) is 1.33. The van der Waals surface area contributed by atoms with Crippen molar-refractivity contribution in [1.82, 2.24) is 10.6 Å². The van der Waals surface area contributed by atoms with Crippen LogP contribution in [0.4, 0.5) is 0 Å². The SMILES string of the molecule is CCCCNC(=O)C(=O)NC[C@@H]1OCCc2ccccc21. The molecule has 114 valence electrons. The largest absolute Gasteiger partial charge is 0.371 e. The molecule has 1 aliphatic heterocycles. The Bertz CT molecular complexity index is 502. The van der Waals surface area contributed by atoms with E-state index in [0.717, 1.165) is 24.8 Å². The maximum atomic E-state index is 11.7. The van der Waals surface area contributed by atoms with Gasteiger partial charge in [0.25, 0.3) is 0 Å². The fourth-order valence-electron chi connectivity index (χ4n) is 2.37. The Morgan fingerprint density at radius 3 is 2.81 bits per heavy atom. The van der Waals surface area contributed by atoms with E-state index < -0.39 is 11.8 Å². The summed E-state index contributed by atoms with van der Waals surface area (Å²) >= 11 is 0. The first-order chi connectivity index (χ1) is 10.2. The fourth-order valence-corrected chi connectivity index (χ4v) is 2.37. The van der Waals surface area contributed by atoms with Crippen molar-refractivity contribution in [1.29, 1.82) is 0 Å². The van der Waals surface area contributed by atoms with E-state index >= 15 is 0 Å². The molecule has 2 amide bonds. The zero-order valence-electron chi connectivity index (χ0n) is 12.4. The van der Waals surface area contributed by atoms with Gasteiger partial charge < -0.3 is 15.4 Å². The van der Waals surface area contributed by atoms with Crippen LogP contribution >= 0.6 is 0 Å². The Morgan fingerprint density at radius 2 is 2.00 bits per heavy atom. The molecule has 2 rings (SSSR count). The van der Waals surface area contributed by atoms with Crippen LogP contribution in [0.1, 0.15) is 37.0 Å². The van der Waals surface area contributed by atoms with Gasteiger partial charge in [-0.2, -0.15) is 0 Å². The highest BCUT2D eigenvalue weighted by Crippen LogP contribution is 2.26. The highest BCUT2D eigenvalue weighted by Gasteiger charge is 2.22. The standard InChI is InChI=1S/C16H22N2O3/c1-2-3-9-17-15(19)16(20)18-11-14-13-7-5-4-6-12(13)8-10-21-14/h4-7,14H,2-3,8-11H2,1H3,(H,17,19)(H,18,20)/t14-/m0/s1. The third-order valence-electron chi connectivity index (χ3n) is 3.56. The van der Waals surface area contributed by atoms with Crippen LogP contribution in [0.25, 0.3) is 0 Å². The lowest BCUT2D eigenvalue weighted by molar-refractivity contribution is -0.139. The molecular formula is C16H22N2O3. The van der Waals surface area contributed by atoms with E-state index in [4.69, 9.17) is 4.74 Å². The van der Waals surface area contributed by atoms with Gasteiger partial charge in [0.2, 0.25) is 0 Å². The van der Waals surface area contributed by atoms with Crippen LogP contribution in [0.15, 0.2) is 24.3 Å². The van der Waals surface area contributed by atoms with Crippen LogP contribution < -0.4 is 10.6 Å². The summed E-state index contributed by atoms with van der Waals surface area (Å²) < 4.78 is 5.69. The molecule has 0 aromatic heterocycles. The van der Waals surface area contributed by atoms with Gasteiger partial charge in [-0.1, -0.05) is 37.6 Å². The number of fused-ring (bicyclic) bond motifs is 1. The molecular weight excluding hydrogens is 268 g/mol. The quantitative estimate of drug-likeness (QED) is 0.635. The van der Waals surface area contributed by atoms with Crippen LogP contribution in [0, 0.1) is 0 Å². The summed E-state index contributed by atoms with van der Waals surface area (Å²) in [6.07, 6.45) is 2.56. The molecule has 0 radical (unpaired) electrons. The van der Waals surface area contributed by atoms with Crippen molar-refractivity contribution in [3.63, 3.8) is 0 Å². The molecule has 2 N–H and O–H groups in total. The number of nitrogens with one attached hydrogen (secondary N) is 2. The second-order valence-corrected chi connectivity index (χ2v) is 5.13. The minimum Gasteiger partial charge on any atom is -0.371 e. The van der Waals surface area contributed by atoms with Crippen LogP contribution in [0.5, 0.6) is 0 Å². The van der Waals surface area contributed by atoms with Crippen LogP contribution in [0.2, 0.25) is 0 Å². The maximum Gasteiger partial charge on any atom is 0.309 e. The first-order valence-corrected chi connectivity index (χ1v) is 7.47. The first kappa shape index (κ1) is 15.5. The molecule has 1 heterocycles. The Labute approximate surface area is 125 Å². The highest BCUT2D eigenvalue weighted by atomic mass is 16.5. The summed E-state index contributed by atoms with van der Waals surface area (Å²) in [6, 6.07) is 8.04. The molecule has 0 fully saturated rings. The van der Waals surface area contributed by atoms with Crippen LogP contribution in [-0.4, -0.2) is 31.5 Å². The number of unbranched alkanes of at least 4 members (excludes halogenated alkanes) is 1. The number of rotatable bonds is 5. The molecule has 0 spiro atoms. The molecule has 1 aromatic carbocycles. The van der Waals surface area contributed by atoms with Crippen molar-refractivity contribution >= 4 is 11.8 Å². The lowest BCUT2D eigenvalue weighted by Gasteiger charge is -2.26. The third-order valence-corrected chi connectivity index (χ3v) is 3.56. The first-order valence-electron chi connectivity index (χ1n) is 7.47. The zero-order chi connectivity index (χ0) is 15.1. The number of carbonyl (C=O) groups is 2. The monoisotopic (exact) mass is 290 g/mol. The van der Waals surface area contributed by atoms with Gasteiger partial charge in [0.1, 0.15) is 6.10 Å². The van der Waals surface area contributed by atoms with Gasteiger partial charge in [-0.3, -0.25) is 9.59 Å². The molecule has 5 nitrogen and oxygen atoms in total. The number of carbonyl (C=O) groups excluding carboxylic acids is 2. The third kappa shape index (κ3) is 4.29. The summed E-state index contributed by atoms with van der Waals surface area (Å²) in [4.78, 5) is 23.3. The Balaban J connectivity index is 1.83. The fraction of sp³-hybridized carbons (Fsp3) is 0.500. The zero-order valence-corrected chi connectivity index (χ0v) is 12.4. The smallest absolute Gasteiger partial charge is 0.309 e. The molecule has 1 atom stereocenters. The van der Waals surface area contributed by atoms with Crippen molar-refractivity contribution in [2.24, 2.45) is 0 Å². The van der Waals surface area contributed by atoms with E-state index in [9.17, 15) is 9.59 Å². The molecule has 0 aliphatic carbocycles. The molecule has 1 aliphatic rings. The number of hydrogen-bond acceptors (Lipinski definition) is 3. The van der Waals surface area contributed by atoms with Crippen LogP contribution in [-0.2, 0) is 20.7 Å². The minimum atomic E-state index is -0.599. The summed E-state index contributed by atoms with van der Waals surface area (Å²) in [6.45, 7) is 3.52. The normalized spacial score (nSPS) is 16.9. The van der Waals surface area contributed by atoms with E-state index in [1.165, 1.54) is 5.56 Å². The summed E-state index contributed by atoms with van der Waals surface area (Å²) in [5, 5.41) is 5.24. The van der Waals surface area contributed by atoms with E-state index in [2.05, 4.69) is 16.7 Å². The van der Waals surface area contributed by atoms with E-state index in [0.29, 0.717) is 19.7 Å². The molecule has 0 bridgehead atoms. The average Bonchev–Trinajstić information content (AvgIpc) is 2.52. The van der Waals surface area contributed by atoms with Gasteiger partial charge in [-0.15, -0.1) is 0 Å². The van der Waals surface area contributed by atoms with Crippen molar-refractivity contribution < 1.29 is 14.3 Å². The Kier molecular flexibility index (Phi) is 5.75. The predicted molar refractivity (Wildman–Crippen MR) is 79.8 cm³/mol. The molecule has 21 heavy (non-hydrogen) atoms. The number of benzene rings is 1. The molecule has 1 aromatic rings. The summed E-state index contributed by atoms with van der Waals surface area (Å²) in [5.74, 6) is -1.18. The lowest BCUT2D eigenvalue weighted by Crippen LogP contribution is -2.42. The van der Waals surface area contributed by atoms with Crippen molar-refractivity contribution in [2.45, 2.75) is 32.3 Å². The van der Waals surface area contributed by atoms with Gasteiger partial charge in [-0.05, 0) is 24.0 Å². The summed E-state index contributed by atoms with van der Waals surface area (Å²) in [7, 11) is 0. The molecule has 0 saturated heterocycles. The van der Waals surface area contributed by atoms with Gasteiger partial charge in [0, 0.05) is 13.1 Å². The molecule has 5 heteroatoms. The van der Waals surface area contributed by atoms with Gasteiger partial charge in [-0.25, -0.2) is 0 Å². The number of amides is 2. The van der Waals surface area contributed by atoms with E-state index in [1.807, 2.05) is 25.1 Å². The number of ether oxygens (including phenoxy) is 1. The van der Waals surface area contributed by atoms with Gasteiger partial charge >= 0.3 is 11.8 Å². The highest BCUT2D eigenvalue weighted by molar-refractivity contribution is 6.35. The Hall–Kier alpha value is -1.88. The summed E-state index contributed by atoms with van der Waals surface area (Å²) in [5.41, 5.74) is 2.34. The molecule has 0 saturated carbocycles. The number of hydrogen-bond donors (Lipinski definition) is 2. The Morgan fingerprint density at radius 1 is 1.24 bits per heavy atom. The van der Waals surface area contributed by atoms with E-state index in [-0.39, 0.29) is 6.10 Å². The van der Waals surface area contributed by atoms with Gasteiger partial charge in [0.15, 0.2) is 0 Å². The van der Waals surface area contributed by atoms with Crippen LogP contribution in [0.3, 0.4) is 0 Å². The topological polar surface area (TPSA) is 67.4 Å². The second kappa shape index (κ2) is 7.78. The maximum absolute atomic E-state index is 11.7.